The molecule has 1 amide bonds. The summed E-state index contributed by atoms with van der Waals surface area (Å²) in [6.07, 6.45) is 1.09. The lowest BCUT2D eigenvalue weighted by molar-refractivity contribution is 0.0946. The fourth-order valence-electron chi connectivity index (χ4n) is 1.68. The van der Waals surface area contributed by atoms with Gasteiger partial charge in [-0.05, 0) is 25.1 Å². The number of methoxy groups -OCH3 is 1. The molecule has 120 valence electrons. The van der Waals surface area contributed by atoms with Gasteiger partial charge >= 0.3 is 0 Å². The Morgan fingerprint density at radius 2 is 1.90 bits per heavy atom. The molecule has 0 atom stereocenters. The molecule has 0 aliphatic carbocycles. The van der Waals surface area contributed by atoms with Crippen molar-refractivity contribution in [2.45, 2.75) is 13.3 Å². The van der Waals surface area contributed by atoms with Crippen molar-refractivity contribution in [3.8, 4) is 5.75 Å². The Kier molecular flexibility index (Phi) is 11.7. The predicted molar refractivity (Wildman–Crippen MR) is 86.6 cm³/mol. The van der Waals surface area contributed by atoms with E-state index in [4.69, 9.17) is 9.47 Å². The zero-order valence-electron chi connectivity index (χ0n) is 12.7. The van der Waals surface area contributed by atoms with E-state index in [1.807, 2.05) is 12.1 Å². The first-order valence-electron chi connectivity index (χ1n) is 6.99. The highest BCUT2D eigenvalue weighted by Gasteiger charge is 2.11. The van der Waals surface area contributed by atoms with Gasteiger partial charge in [0.1, 0.15) is 12.4 Å². The van der Waals surface area contributed by atoms with Crippen LogP contribution < -0.4 is 15.4 Å². The summed E-state index contributed by atoms with van der Waals surface area (Å²) in [5.41, 5.74) is 0.555. The van der Waals surface area contributed by atoms with Gasteiger partial charge in [0.2, 0.25) is 0 Å². The molecule has 6 heteroatoms. The quantitative estimate of drug-likeness (QED) is 0.647. The van der Waals surface area contributed by atoms with Gasteiger partial charge in [0.05, 0.1) is 12.2 Å². The summed E-state index contributed by atoms with van der Waals surface area (Å²) in [6.45, 7) is 5.37. The van der Waals surface area contributed by atoms with Crippen LogP contribution in [0.4, 0.5) is 0 Å². The predicted octanol–water partition coefficient (Wildman–Crippen LogP) is 1.86. The molecule has 0 bridgehead atoms. The molecule has 0 fully saturated rings. The highest BCUT2D eigenvalue weighted by atomic mass is 35.5. The second-order valence-corrected chi connectivity index (χ2v) is 4.34. The van der Waals surface area contributed by atoms with Crippen LogP contribution in [0.15, 0.2) is 24.3 Å². The van der Waals surface area contributed by atoms with Crippen molar-refractivity contribution in [1.82, 2.24) is 10.6 Å². The zero-order chi connectivity index (χ0) is 14.6. The normalized spacial score (nSPS) is 9.81. The maximum absolute atomic E-state index is 12.1. The number of carbonyl (C=O) groups excluding carboxylic acids is 1. The fourth-order valence-corrected chi connectivity index (χ4v) is 1.68. The summed E-state index contributed by atoms with van der Waals surface area (Å²) in [4.78, 5) is 12.1. The number of halogens is 1. The molecule has 0 spiro atoms. The third-order valence-electron chi connectivity index (χ3n) is 2.69. The van der Waals surface area contributed by atoms with E-state index in [0.29, 0.717) is 31.1 Å². The average Bonchev–Trinajstić information content (AvgIpc) is 2.47. The van der Waals surface area contributed by atoms with E-state index in [-0.39, 0.29) is 18.3 Å². The van der Waals surface area contributed by atoms with Crippen LogP contribution in [-0.4, -0.2) is 45.9 Å². The van der Waals surface area contributed by atoms with Crippen LogP contribution in [0.3, 0.4) is 0 Å². The van der Waals surface area contributed by atoms with E-state index in [2.05, 4.69) is 17.6 Å². The number of amides is 1. The molecule has 21 heavy (non-hydrogen) atoms. The Morgan fingerprint density at radius 1 is 1.14 bits per heavy atom. The van der Waals surface area contributed by atoms with E-state index in [0.717, 1.165) is 19.5 Å². The molecule has 0 radical (unpaired) electrons. The molecule has 0 unspecified atom stereocenters. The van der Waals surface area contributed by atoms with Gasteiger partial charge in [-0.3, -0.25) is 4.79 Å². The maximum atomic E-state index is 12.1. The smallest absolute Gasteiger partial charge is 0.255 e. The molecule has 1 rings (SSSR count). The van der Waals surface area contributed by atoms with E-state index >= 15 is 0 Å². The van der Waals surface area contributed by atoms with Gasteiger partial charge < -0.3 is 20.1 Å². The number of ether oxygens (including phenoxy) is 2. The van der Waals surface area contributed by atoms with E-state index in [1.165, 1.54) is 0 Å². The van der Waals surface area contributed by atoms with Crippen molar-refractivity contribution >= 4 is 18.3 Å². The molecule has 0 saturated heterocycles. The number of nitrogens with one attached hydrogen (secondary N) is 2. The largest absolute Gasteiger partial charge is 0.490 e. The molecule has 0 heterocycles. The summed E-state index contributed by atoms with van der Waals surface area (Å²) in [6, 6.07) is 7.23. The Hall–Kier alpha value is -1.30. The van der Waals surface area contributed by atoms with E-state index < -0.39 is 0 Å². The minimum absolute atomic E-state index is 0. The summed E-state index contributed by atoms with van der Waals surface area (Å²) in [5.74, 6) is 0.472. The van der Waals surface area contributed by atoms with Crippen molar-refractivity contribution < 1.29 is 14.3 Å². The molecule has 0 aliphatic heterocycles. The minimum atomic E-state index is -0.115. The van der Waals surface area contributed by atoms with Crippen LogP contribution in [0.5, 0.6) is 5.75 Å². The molecule has 0 saturated carbocycles. The van der Waals surface area contributed by atoms with Crippen molar-refractivity contribution in [3.63, 3.8) is 0 Å². The Labute approximate surface area is 132 Å². The topological polar surface area (TPSA) is 59.6 Å². The van der Waals surface area contributed by atoms with Crippen LogP contribution in [0.25, 0.3) is 0 Å². The first-order valence-corrected chi connectivity index (χ1v) is 6.99. The van der Waals surface area contributed by atoms with Crippen molar-refractivity contribution in [2.24, 2.45) is 0 Å². The lowest BCUT2D eigenvalue weighted by Gasteiger charge is -2.11. The van der Waals surface area contributed by atoms with Crippen molar-refractivity contribution in [2.75, 3.05) is 40.0 Å². The molecule has 5 nitrogen and oxygen atoms in total. The monoisotopic (exact) mass is 316 g/mol. The van der Waals surface area contributed by atoms with Gasteiger partial charge in [0.25, 0.3) is 5.91 Å². The third-order valence-corrected chi connectivity index (χ3v) is 2.69. The fraction of sp³-hybridized carbons (Fsp3) is 0.533. The van der Waals surface area contributed by atoms with Gasteiger partial charge in [-0.25, -0.2) is 0 Å². The standard InChI is InChI=1S/C15H24N2O3.ClH/c1-3-8-16-9-10-17-15(18)13-6-4-5-7-14(13)20-12-11-19-2;/h4-7,16H,3,8-12H2,1-2H3,(H,17,18);1H. The van der Waals surface area contributed by atoms with E-state index in [1.54, 1.807) is 19.2 Å². The average molecular weight is 317 g/mol. The van der Waals surface area contributed by atoms with E-state index in [9.17, 15) is 4.79 Å². The second kappa shape index (κ2) is 12.4. The molecule has 2 N–H and O–H groups in total. The highest BCUT2D eigenvalue weighted by Crippen LogP contribution is 2.17. The van der Waals surface area contributed by atoms with Crippen molar-refractivity contribution in [1.29, 1.82) is 0 Å². The summed E-state index contributed by atoms with van der Waals surface area (Å²) in [5, 5.41) is 6.11. The second-order valence-electron chi connectivity index (χ2n) is 4.34. The van der Waals surface area contributed by atoms with Crippen molar-refractivity contribution in [3.05, 3.63) is 29.8 Å². The van der Waals surface area contributed by atoms with Gasteiger partial charge in [0, 0.05) is 20.2 Å². The molecule has 1 aromatic carbocycles. The minimum Gasteiger partial charge on any atom is -0.490 e. The number of para-hydroxylation sites is 1. The third kappa shape index (κ3) is 7.90. The first kappa shape index (κ1) is 19.7. The van der Waals surface area contributed by atoms with Gasteiger partial charge in [-0.2, -0.15) is 0 Å². The lowest BCUT2D eigenvalue weighted by Crippen LogP contribution is -2.32. The summed E-state index contributed by atoms with van der Waals surface area (Å²) >= 11 is 0. The molecule has 0 aliphatic rings. The number of carbonyl (C=O) groups is 1. The number of rotatable bonds is 10. The summed E-state index contributed by atoms with van der Waals surface area (Å²) < 4.78 is 10.5. The van der Waals surface area contributed by atoms with Crippen LogP contribution in [-0.2, 0) is 4.74 Å². The van der Waals surface area contributed by atoms with Crippen LogP contribution in [0.2, 0.25) is 0 Å². The Morgan fingerprint density at radius 3 is 2.62 bits per heavy atom. The maximum Gasteiger partial charge on any atom is 0.255 e. The molecular weight excluding hydrogens is 292 g/mol. The highest BCUT2D eigenvalue weighted by molar-refractivity contribution is 5.96. The summed E-state index contributed by atoms with van der Waals surface area (Å²) in [7, 11) is 1.62. The Balaban J connectivity index is 0.00000400. The molecule has 0 aromatic heterocycles. The lowest BCUT2D eigenvalue weighted by atomic mass is 10.2. The van der Waals surface area contributed by atoms with Gasteiger partial charge in [-0.15, -0.1) is 12.4 Å². The molecule has 1 aromatic rings. The van der Waals surface area contributed by atoms with Crippen LogP contribution in [0, 0.1) is 0 Å². The van der Waals surface area contributed by atoms with Gasteiger partial charge in [0.15, 0.2) is 0 Å². The zero-order valence-corrected chi connectivity index (χ0v) is 13.5. The van der Waals surface area contributed by atoms with Crippen LogP contribution >= 0.6 is 12.4 Å². The first-order chi connectivity index (χ1) is 9.79. The number of benzene rings is 1. The van der Waals surface area contributed by atoms with Crippen LogP contribution in [0.1, 0.15) is 23.7 Å². The molecular formula is C15H25ClN2O3. The number of hydrogen-bond donors (Lipinski definition) is 2. The SMILES string of the molecule is CCCNCCNC(=O)c1ccccc1OCCOC.Cl. The van der Waals surface area contributed by atoms with Gasteiger partial charge in [-0.1, -0.05) is 19.1 Å². The number of hydrogen-bond acceptors (Lipinski definition) is 4. The Bertz CT molecular complexity index is 402.